The molecule has 2 aromatic carbocycles. The molecular weight excluding hydrogens is 348 g/mol. The smallest absolute Gasteiger partial charge is 0.268 e. The molecule has 0 N–H and O–H groups in total. The lowest BCUT2D eigenvalue weighted by Gasteiger charge is -2.12. The molecule has 0 fully saturated rings. The number of fused-ring (bicyclic) bond motifs is 1. The first kappa shape index (κ1) is 16.4. The molecule has 2 aromatic heterocycles. The number of pyridine rings is 1. The molecule has 0 aliphatic rings. The van der Waals surface area contributed by atoms with Gasteiger partial charge >= 0.3 is 0 Å². The second-order valence-electron chi connectivity index (χ2n) is 5.75. The number of benzene rings is 2. The van der Waals surface area contributed by atoms with Crippen molar-refractivity contribution in [3.8, 4) is 17.1 Å². The van der Waals surface area contributed by atoms with E-state index in [1.54, 1.807) is 67.9 Å². The third-order valence-corrected chi connectivity index (χ3v) is 5.92. The first-order chi connectivity index (χ1) is 12.6. The van der Waals surface area contributed by atoms with Gasteiger partial charge in [0.15, 0.2) is 0 Å². The molecule has 0 bridgehead atoms. The highest BCUT2D eigenvalue weighted by molar-refractivity contribution is 7.90. The van der Waals surface area contributed by atoms with E-state index < -0.39 is 10.0 Å². The van der Waals surface area contributed by atoms with Crippen LogP contribution in [0.5, 0.6) is 5.75 Å². The molecule has 0 aliphatic heterocycles. The summed E-state index contributed by atoms with van der Waals surface area (Å²) in [4.78, 5) is 4.57. The molecule has 4 aromatic rings. The van der Waals surface area contributed by atoms with Crippen molar-refractivity contribution < 1.29 is 13.2 Å². The Balaban J connectivity index is 2.06. The average molecular weight is 364 g/mol. The van der Waals surface area contributed by atoms with E-state index in [1.807, 2.05) is 18.2 Å². The van der Waals surface area contributed by atoms with E-state index >= 15 is 0 Å². The minimum absolute atomic E-state index is 0.227. The number of rotatable bonds is 4. The highest BCUT2D eigenvalue weighted by Gasteiger charge is 2.24. The predicted octanol–water partition coefficient (Wildman–Crippen LogP) is 3.95. The molecule has 130 valence electrons. The molecule has 0 radical (unpaired) electrons. The summed E-state index contributed by atoms with van der Waals surface area (Å²) in [6.45, 7) is 0. The first-order valence-corrected chi connectivity index (χ1v) is 9.47. The van der Waals surface area contributed by atoms with Gasteiger partial charge in [-0.3, -0.25) is 4.98 Å². The van der Waals surface area contributed by atoms with Crippen molar-refractivity contribution in [3.63, 3.8) is 0 Å². The van der Waals surface area contributed by atoms with E-state index in [9.17, 15) is 8.42 Å². The zero-order valence-electron chi connectivity index (χ0n) is 14.0. The fourth-order valence-electron chi connectivity index (χ4n) is 2.94. The molecule has 0 amide bonds. The summed E-state index contributed by atoms with van der Waals surface area (Å²) in [5.74, 6) is 0.666. The van der Waals surface area contributed by atoms with Crippen LogP contribution >= 0.6 is 0 Å². The zero-order chi connectivity index (χ0) is 18.1. The fourth-order valence-corrected chi connectivity index (χ4v) is 4.49. The summed E-state index contributed by atoms with van der Waals surface area (Å²) in [7, 11) is -2.20. The molecule has 0 aliphatic carbocycles. The Labute approximate surface area is 151 Å². The van der Waals surface area contributed by atoms with E-state index in [-0.39, 0.29) is 4.90 Å². The topological polar surface area (TPSA) is 61.2 Å². The number of nitrogens with zero attached hydrogens (tertiary/aromatic N) is 2. The number of aromatic nitrogens is 2. The van der Waals surface area contributed by atoms with Crippen LogP contribution in [0.4, 0.5) is 0 Å². The van der Waals surface area contributed by atoms with Gasteiger partial charge in [0, 0.05) is 11.6 Å². The summed E-state index contributed by atoms with van der Waals surface area (Å²) in [6.07, 6.45) is 1.65. The van der Waals surface area contributed by atoms with Gasteiger partial charge in [0.2, 0.25) is 0 Å². The van der Waals surface area contributed by atoms with Crippen molar-refractivity contribution in [1.82, 2.24) is 8.96 Å². The summed E-state index contributed by atoms with van der Waals surface area (Å²) >= 11 is 0. The fraction of sp³-hybridized carbons (Fsp3) is 0.0500. The van der Waals surface area contributed by atoms with Crippen molar-refractivity contribution in [2.45, 2.75) is 4.90 Å². The van der Waals surface area contributed by atoms with E-state index in [2.05, 4.69) is 4.98 Å². The highest BCUT2D eigenvalue weighted by Crippen LogP contribution is 2.33. The van der Waals surface area contributed by atoms with E-state index in [0.717, 1.165) is 5.39 Å². The Kier molecular flexibility index (Phi) is 3.97. The van der Waals surface area contributed by atoms with E-state index in [1.165, 1.54) is 3.97 Å². The number of hydrogen-bond acceptors (Lipinski definition) is 4. The van der Waals surface area contributed by atoms with Gasteiger partial charge in [0.25, 0.3) is 10.0 Å². The van der Waals surface area contributed by atoms with Gasteiger partial charge in [-0.05, 0) is 48.5 Å². The minimum Gasteiger partial charge on any atom is -0.497 e. The van der Waals surface area contributed by atoms with Crippen LogP contribution in [0.2, 0.25) is 0 Å². The van der Waals surface area contributed by atoms with Gasteiger partial charge in [-0.25, -0.2) is 12.4 Å². The van der Waals surface area contributed by atoms with Crippen LogP contribution in [0, 0.1) is 0 Å². The molecule has 0 unspecified atom stereocenters. The second-order valence-corrected chi connectivity index (χ2v) is 7.54. The van der Waals surface area contributed by atoms with Crippen molar-refractivity contribution >= 4 is 20.9 Å². The summed E-state index contributed by atoms with van der Waals surface area (Å²) < 4.78 is 33.3. The van der Waals surface area contributed by atoms with Gasteiger partial charge < -0.3 is 4.74 Å². The first-order valence-electron chi connectivity index (χ1n) is 8.03. The lowest BCUT2D eigenvalue weighted by molar-refractivity contribution is 0.415. The molecule has 26 heavy (non-hydrogen) atoms. The molecule has 4 rings (SSSR count). The van der Waals surface area contributed by atoms with Crippen LogP contribution in [-0.4, -0.2) is 24.5 Å². The van der Waals surface area contributed by atoms with Gasteiger partial charge in [-0.15, -0.1) is 0 Å². The number of hydrogen-bond donors (Lipinski definition) is 0. The Morgan fingerprint density at radius 2 is 1.69 bits per heavy atom. The van der Waals surface area contributed by atoms with Crippen LogP contribution in [0.15, 0.2) is 83.9 Å². The zero-order valence-corrected chi connectivity index (χ0v) is 14.8. The molecule has 0 atom stereocenters. The SMILES string of the molecule is COc1ccc2c(c1)cc(-c1ccccn1)n2S(=O)(=O)c1ccccc1. The quantitative estimate of drug-likeness (QED) is 0.550. The summed E-state index contributed by atoms with van der Waals surface area (Å²) in [6, 6.07) is 21.0. The number of ether oxygens (including phenoxy) is 1. The largest absolute Gasteiger partial charge is 0.497 e. The lowest BCUT2D eigenvalue weighted by atomic mass is 10.2. The van der Waals surface area contributed by atoms with E-state index in [0.29, 0.717) is 22.7 Å². The van der Waals surface area contributed by atoms with Crippen molar-refractivity contribution in [2.24, 2.45) is 0 Å². The normalized spacial score (nSPS) is 11.6. The van der Waals surface area contributed by atoms with Crippen molar-refractivity contribution in [3.05, 3.63) is 79.0 Å². The third-order valence-electron chi connectivity index (χ3n) is 4.17. The third kappa shape index (κ3) is 2.64. The maximum absolute atomic E-state index is 13.4. The van der Waals surface area contributed by atoms with Crippen LogP contribution in [0.3, 0.4) is 0 Å². The van der Waals surface area contributed by atoms with Crippen LogP contribution in [-0.2, 0) is 10.0 Å². The van der Waals surface area contributed by atoms with Gasteiger partial charge in [-0.1, -0.05) is 24.3 Å². The molecule has 0 saturated heterocycles. The molecule has 2 heterocycles. The Hall–Kier alpha value is -3.12. The Morgan fingerprint density at radius 1 is 0.923 bits per heavy atom. The van der Waals surface area contributed by atoms with Crippen molar-refractivity contribution in [1.29, 1.82) is 0 Å². The molecule has 6 heteroatoms. The standard InChI is InChI=1S/C20H16N2O3S/c1-25-16-10-11-19-15(13-16)14-20(18-9-5-6-12-21-18)22(19)26(23,24)17-7-3-2-4-8-17/h2-14H,1H3. The monoisotopic (exact) mass is 364 g/mol. The Morgan fingerprint density at radius 3 is 2.38 bits per heavy atom. The van der Waals surface area contributed by atoms with Gasteiger partial charge in [-0.2, -0.15) is 0 Å². The maximum Gasteiger partial charge on any atom is 0.268 e. The summed E-state index contributed by atoms with van der Waals surface area (Å²) in [5, 5.41) is 0.768. The average Bonchev–Trinajstić information content (AvgIpc) is 3.08. The van der Waals surface area contributed by atoms with Crippen LogP contribution in [0.25, 0.3) is 22.3 Å². The molecule has 5 nitrogen and oxygen atoms in total. The maximum atomic E-state index is 13.4. The Bertz CT molecular complexity index is 1170. The number of methoxy groups -OCH3 is 1. The van der Waals surface area contributed by atoms with Crippen molar-refractivity contribution in [2.75, 3.05) is 7.11 Å². The van der Waals surface area contributed by atoms with Gasteiger partial charge in [0.1, 0.15) is 5.75 Å². The predicted molar refractivity (Wildman–Crippen MR) is 101 cm³/mol. The van der Waals surface area contributed by atoms with E-state index in [4.69, 9.17) is 4.74 Å². The molecule has 0 spiro atoms. The highest BCUT2D eigenvalue weighted by atomic mass is 32.2. The van der Waals surface area contributed by atoms with Crippen LogP contribution in [0.1, 0.15) is 0 Å². The van der Waals surface area contributed by atoms with Gasteiger partial charge in [0.05, 0.1) is 28.9 Å². The summed E-state index contributed by atoms with van der Waals surface area (Å²) in [5.41, 5.74) is 1.68. The molecular formula is C20H16N2O3S. The van der Waals surface area contributed by atoms with Crippen LogP contribution < -0.4 is 4.74 Å². The lowest BCUT2D eigenvalue weighted by Crippen LogP contribution is -2.14. The second kappa shape index (κ2) is 6.31. The minimum atomic E-state index is -3.78. The molecule has 0 saturated carbocycles.